The van der Waals surface area contributed by atoms with Crippen molar-refractivity contribution in [2.75, 3.05) is 20.3 Å². The van der Waals surface area contributed by atoms with Gasteiger partial charge in [-0.1, -0.05) is 13.3 Å². The third kappa shape index (κ3) is 6.58. The van der Waals surface area contributed by atoms with E-state index >= 15 is 0 Å². The van der Waals surface area contributed by atoms with Crippen molar-refractivity contribution in [3.8, 4) is 0 Å². The van der Waals surface area contributed by atoms with Crippen molar-refractivity contribution in [3.63, 3.8) is 0 Å². The quantitative estimate of drug-likeness (QED) is 0.450. The lowest BCUT2D eigenvalue weighted by molar-refractivity contribution is -0.128. The Kier molecular flexibility index (Phi) is 8.88. The first-order chi connectivity index (χ1) is 5.85. The fourth-order valence-electron chi connectivity index (χ4n) is 0.934. The maximum atomic E-state index is 8.51. The van der Waals surface area contributed by atoms with Crippen molar-refractivity contribution >= 4 is 0 Å². The fourth-order valence-corrected chi connectivity index (χ4v) is 0.934. The van der Waals surface area contributed by atoms with E-state index in [4.69, 9.17) is 14.6 Å². The average Bonchev–Trinajstić information content (AvgIpc) is 2.10. The molecule has 0 bridgehead atoms. The van der Waals surface area contributed by atoms with E-state index < -0.39 is 0 Å². The minimum absolute atomic E-state index is 0.0614. The number of ether oxygens (including phenoxy) is 2. The Morgan fingerprint density at radius 1 is 1.33 bits per heavy atom. The zero-order valence-corrected chi connectivity index (χ0v) is 8.08. The van der Waals surface area contributed by atoms with Crippen LogP contribution in [0.4, 0.5) is 0 Å². The van der Waals surface area contributed by atoms with Crippen LogP contribution < -0.4 is 0 Å². The summed E-state index contributed by atoms with van der Waals surface area (Å²) in [6.45, 7) is 3.02. The van der Waals surface area contributed by atoms with Crippen LogP contribution in [0.5, 0.6) is 0 Å². The van der Waals surface area contributed by atoms with E-state index in [1.807, 2.05) is 0 Å². The molecule has 0 aliphatic carbocycles. The van der Waals surface area contributed by atoms with E-state index in [0.717, 1.165) is 25.7 Å². The first kappa shape index (κ1) is 11.9. The van der Waals surface area contributed by atoms with Crippen molar-refractivity contribution in [3.05, 3.63) is 0 Å². The zero-order chi connectivity index (χ0) is 9.23. The SMILES string of the molecule is CCCC(OC)OCCCCO. The van der Waals surface area contributed by atoms with Gasteiger partial charge in [0.1, 0.15) is 0 Å². The van der Waals surface area contributed by atoms with Crippen LogP contribution in [-0.2, 0) is 9.47 Å². The van der Waals surface area contributed by atoms with Gasteiger partial charge < -0.3 is 14.6 Å². The van der Waals surface area contributed by atoms with E-state index in [-0.39, 0.29) is 12.9 Å². The zero-order valence-electron chi connectivity index (χ0n) is 8.08. The van der Waals surface area contributed by atoms with E-state index in [1.165, 1.54) is 0 Å². The van der Waals surface area contributed by atoms with E-state index in [0.29, 0.717) is 6.61 Å². The molecule has 74 valence electrons. The second kappa shape index (κ2) is 8.97. The molecule has 0 saturated heterocycles. The molecule has 0 aromatic heterocycles. The number of unbranched alkanes of at least 4 members (excludes halogenated alkanes) is 1. The minimum Gasteiger partial charge on any atom is -0.396 e. The number of methoxy groups -OCH3 is 1. The van der Waals surface area contributed by atoms with Crippen LogP contribution in [0.15, 0.2) is 0 Å². The first-order valence-electron chi connectivity index (χ1n) is 4.60. The van der Waals surface area contributed by atoms with Crippen LogP contribution in [0, 0.1) is 0 Å². The molecule has 0 aromatic rings. The minimum atomic E-state index is -0.0614. The van der Waals surface area contributed by atoms with Gasteiger partial charge in [0.05, 0.1) is 0 Å². The Hall–Kier alpha value is -0.120. The molecule has 0 heterocycles. The van der Waals surface area contributed by atoms with Crippen LogP contribution in [0.25, 0.3) is 0 Å². The summed E-state index contributed by atoms with van der Waals surface area (Å²) in [6, 6.07) is 0. The molecule has 3 nitrogen and oxygen atoms in total. The van der Waals surface area contributed by atoms with E-state index in [1.54, 1.807) is 7.11 Å². The average molecular weight is 176 g/mol. The van der Waals surface area contributed by atoms with Gasteiger partial charge in [0, 0.05) is 20.3 Å². The van der Waals surface area contributed by atoms with Gasteiger partial charge in [-0.2, -0.15) is 0 Å². The first-order valence-corrected chi connectivity index (χ1v) is 4.60. The van der Waals surface area contributed by atoms with Crippen LogP contribution in [0.1, 0.15) is 32.6 Å². The molecule has 1 atom stereocenters. The summed E-state index contributed by atoms with van der Waals surface area (Å²) in [7, 11) is 1.66. The molecule has 12 heavy (non-hydrogen) atoms. The summed E-state index contributed by atoms with van der Waals surface area (Å²) in [5, 5.41) is 8.51. The highest BCUT2D eigenvalue weighted by molar-refractivity contribution is 4.43. The summed E-state index contributed by atoms with van der Waals surface area (Å²) in [5.74, 6) is 0. The maximum absolute atomic E-state index is 8.51. The Balaban J connectivity index is 3.19. The summed E-state index contributed by atoms with van der Waals surface area (Å²) >= 11 is 0. The van der Waals surface area contributed by atoms with Crippen LogP contribution in [0.3, 0.4) is 0 Å². The Morgan fingerprint density at radius 2 is 2.08 bits per heavy atom. The number of aliphatic hydroxyl groups is 1. The Morgan fingerprint density at radius 3 is 2.58 bits per heavy atom. The molecular formula is C9H20O3. The fraction of sp³-hybridized carbons (Fsp3) is 1.00. The van der Waals surface area contributed by atoms with Gasteiger partial charge in [0.15, 0.2) is 6.29 Å². The third-order valence-corrected chi connectivity index (χ3v) is 1.64. The van der Waals surface area contributed by atoms with Crippen LogP contribution >= 0.6 is 0 Å². The summed E-state index contributed by atoms with van der Waals surface area (Å²) in [5.41, 5.74) is 0. The lowest BCUT2D eigenvalue weighted by Crippen LogP contribution is -2.15. The van der Waals surface area contributed by atoms with Gasteiger partial charge in [0.25, 0.3) is 0 Å². The maximum Gasteiger partial charge on any atom is 0.157 e. The standard InChI is InChI=1S/C9H20O3/c1-3-6-9(11-2)12-8-5-4-7-10/h9-10H,3-8H2,1-2H3. The second-order valence-electron chi connectivity index (χ2n) is 2.76. The van der Waals surface area contributed by atoms with Gasteiger partial charge in [-0.15, -0.1) is 0 Å². The van der Waals surface area contributed by atoms with E-state index in [2.05, 4.69) is 6.92 Å². The molecular weight excluding hydrogens is 156 g/mol. The number of hydrogen-bond donors (Lipinski definition) is 1. The highest BCUT2D eigenvalue weighted by Crippen LogP contribution is 2.03. The molecule has 0 aliphatic rings. The van der Waals surface area contributed by atoms with Gasteiger partial charge >= 0.3 is 0 Å². The van der Waals surface area contributed by atoms with Gasteiger partial charge in [-0.3, -0.25) is 0 Å². The van der Waals surface area contributed by atoms with Crippen molar-refractivity contribution in [1.82, 2.24) is 0 Å². The topological polar surface area (TPSA) is 38.7 Å². The van der Waals surface area contributed by atoms with Crippen molar-refractivity contribution in [2.24, 2.45) is 0 Å². The molecule has 0 aliphatic heterocycles. The van der Waals surface area contributed by atoms with Crippen molar-refractivity contribution in [1.29, 1.82) is 0 Å². The molecule has 0 rings (SSSR count). The predicted molar refractivity (Wildman–Crippen MR) is 48.0 cm³/mol. The molecule has 0 aromatic carbocycles. The summed E-state index contributed by atoms with van der Waals surface area (Å²) in [4.78, 5) is 0. The summed E-state index contributed by atoms with van der Waals surface area (Å²) in [6.07, 6.45) is 3.66. The van der Waals surface area contributed by atoms with Crippen LogP contribution in [-0.4, -0.2) is 31.7 Å². The van der Waals surface area contributed by atoms with Gasteiger partial charge in [-0.25, -0.2) is 0 Å². The van der Waals surface area contributed by atoms with Crippen LogP contribution in [0.2, 0.25) is 0 Å². The van der Waals surface area contributed by atoms with Crippen molar-refractivity contribution in [2.45, 2.75) is 38.9 Å². The highest BCUT2D eigenvalue weighted by atomic mass is 16.7. The molecule has 0 fully saturated rings. The lowest BCUT2D eigenvalue weighted by atomic mass is 10.3. The second-order valence-corrected chi connectivity index (χ2v) is 2.76. The molecule has 0 spiro atoms. The molecule has 1 unspecified atom stereocenters. The molecule has 0 saturated carbocycles. The largest absolute Gasteiger partial charge is 0.396 e. The van der Waals surface area contributed by atoms with Gasteiger partial charge in [-0.05, 0) is 19.3 Å². The number of rotatable bonds is 8. The smallest absolute Gasteiger partial charge is 0.157 e. The third-order valence-electron chi connectivity index (χ3n) is 1.64. The van der Waals surface area contributed by atoms with E-state index in [9.17, 15) is 0 Å². The number of hydrogen-bond acceptors (Lipinski definition) is 3. The molecule has 3 heteroatoms. The highest BCUT2D eigenvalue weighted by Gasteiger charge is 2.04. The summed E-state index contributed by atoms with van der Waals surface area (Å²) < 4.78 is 10.5. The van der Waals surface area contributed by atoms with Gasteiger partial charge in [0.2, 0.25) is 0 Å². The number of aliphatic hydroxyl groups excluding tert-OH is 1. The lowest BCUT2D eigenvalue weighted by Gasteiger charge is -2.14. The molecule has 1 N–H and O–H groups in total. The van der Waals surface area contributed by atoms with Crippen molar-refractivity contribution < 1.29 is 14.6 Å². The molecule has 0 amide bonds. The monoisotopic (exact) mass is 176 g/mol. The Labute approximate surface area is 74.7 Å². The normalized spacial score (nSPS) is 13.2. The Bertz CT molecular complexity index is 85.8. The molecule has 0 radical (unpaired) electrons. The predicted octanol–water partition coefficient (Wildman–Crippen LogP) is 1.55.